The Balaban J connectivity index is 2.05. The summed E-state index contributed by atoms with van der Waals surface area (Å²) in [6.07, 6.45) is 5.98. The average Bonchev–Trinajstić information content (AvgIpc) is 2.50. The number of hydrogen-bond acceptors (Lipinski definition) is 2. The lowest BCUT2D eigenvalue weighted by Gasteiger charge is -2.40. The normalized spacial score (nSPS) is 26.2. The second kappa shape index (κ2) is 7.12. The van der Waals surface area contributed by atoms with Gasteiger partial charge >= 0.3 is 5.97 Å². The first-order chi connectivity index (χ1) is 9.70. The average molecular weight is 295 g/mol. The number of carbonyl (C=O) groups is 1. The quantitative estimate of drug-likeness (QED) is 0.597. The maximum absolute atomic E-state index is 11.4. The molecule has 0 aliphatic heterocycles. The molecule has 0 heterocycles. The molecule has 1 fully saturated rings. The summed E-state index contributed by atoms with van der Waals surface area (Å²) in [6, 6.07) is 10.7. The number of ether oxygens (including phenoxy) is 1. The van der Waals surface area contributed by atoms with Gasteiger partial charge in [-0.05, 0) is 49.0 Å². The number of benzene rings is 1. The van der Waals surface area contributed by atoms with E-state index in [1.165, 1.54) is 12.7 Å². The number of hydrogen-bond donors (Lipinski definition) is 0. The van der Waals surface area contributed by atoms with Crippen molar-refractivity contribution in [3.63, 3.8) is 0 Å². The molecule has 2 nitrogen and oxygen atoms in total. The maximum atomic E-state index is 11.4. The molecule has 1 aromatic carbocycles. The minimum atomic E-state index is -0.0837. The summed E-state index contributed by atoms with van der Waals surface area (Å²) in [5.74, 6) is 1.07. The van der Waals surface area contributed by atoms with Gasteiger partial charge in [0, 0.05) is 12.3 Å². The Morgan fingerprint density at radius 1 is 1.30 bits per heavy atom. The number of alkyl halides is 1. The zero-order valence-electron chi connectivity index (χ0n) is 12.1. The van der Waals surface area contributed by atoms with Crippen molar-refractivity contribution < 1.29 is 9.53 Å². The first-order valence-corrected chi connectivity index (χ1v) is 7.92. The van der Waals surface area contributed by atoms with Gasteiger partial charge < -0.3 is 4.74 Å². The fraction of sp³-hybridized carbons (Fsp3) is 0.588. The van der Waals surface area contributed by atoms with Crippen LogP contribution < -0.4 is 0 Å². The Labute approximate surface area is 126 Å². The van der Waals surface area contributed by atoms with E-state index in [1.54, 1.807) is 0 Å². The van der Waals surface area contributed by atoms with E-state index in [0.717, 1.165) is 32.1 Å². The highest BCUT2D eigenvalue weighted by Crippen LogP contribution is 2.45. The zero-order valence-corrected chi connectivity index (χ0v) is 12.9. The fourth-order valence-corrected chi connectivity index (χ4v) is 3.77. The Bertz CT molecular complexity index is 422. The SMILES string of the molecule is COC(=O)CC1CCC(CCCl)(c2ccccc2)CC1. The highest BCUT2D eigenvalue weighted by atomic mass is 35.5. The number of rotatable bonds is 5. The van der Waals surface area contributed by atoms with Gasteiger partial charge in [-0.3, -0.25) is 4.79 Å². The molecule has 0 saturated heterocycles. The molecule has 0 aromatic heterocycles. The van der Waals surface area contributed by atoms with Gasteiger partial charge in [-0.25, -0.2) is 0 Å². The van der Waals surface area contributed by atoms with Crippen LogP contribution >= 0.6 is 11.6 Å². The van der Waals surface area contributed by atoms with Gasteiger partial charge in [-0.15, -0.1) is 11.6 Å². The van der Waals surface area contributed by atoms with Gasteiger partial charge in [0.25, 0.3) is 0 Å². The van der Waals surface area contributed by atoms with Crippen molar-refractivity contribution in [2.24, 2.45) is 5.92 Å². The Hall–Kier alpha value is -1.02. The van der Waals surface area contributed by atoms with Crippen LogP contribution in [0.4, 0.5) is 0 Å². The van der Waals surface area contributed by atoms with Crippen LogP contribution in [0.1, 0.15) is 44.1 Å². The second-order valence-corrected chi connectivity index (χ2v) is 6.19. The lowest BCUT2D eigenvalue weighted by atomic mass is 9.65. The Morgan fingerprint density at radius 3 is 2.50 bits per heavy atom. The van der Waals surface area contributed by atoms with Crippen LogP contribution in [0.3, 0.4) is 0 Å². The lowest BCUT2D eigenvalue weighted by Crippen LogP contribution is -2.33. The Kier molecular flexibility index (Phi) is 5.47. The summed E-state index contributed by atoms with van der Waals surface area (Å²) in [7, 11) is 1.47. The third kappa shape index (κ3) is 3.54. The molecular formula is C17H23ClO2. The molecule has 0 radical (unpaired) electrons. The number of halogens is 1. The Morgan fingerprint density at radius 2 is 1.95 bits per heavy atom. The van der Waals surface area contributed by atoms with Crippen molar-refractivity contribution in [2.45, 2.75) is 43.9 Å². The molecule has 1 aliphatic rings. The van der Waals surface area contributed by atoms with Crippen LogP contribution in [0, 0.1) is 5.92 Å². The zero-order chi connectivity index (χ0) is 14.4. The van der Waals surface area contributed by atoms with Crippen LogP contribution in [0.5, 0.6) is 0 Å². The van der Waals surface area contributed by atoms with Crippen molar-refractivity contribution in [1.82, 2.24) is 0 Å². The van der Waals surface area contributed by atoms with Gasteiger partial charge in [-0.2, -0.15) is 0 Å². The van der Waals surface area contributed by atoms with E-state index < -0.39 is 0 Å². The first-order valence-electron chi connectivity index (χ1n) is 7.38. The van der Waals surface area contributed by atoms with Crippen LogP contribution in [0.25, 0.3) is 0 Å². The molecule has 20 heavy (non-hydrogen) atoms. The van der Waals surface area contributed by atoms with E-state index in [9.17, 15) is 4.79 Å². The van der Waals surface area contributed by atoms with Crippen molar-refractivity contribution >= 4 is 17.6 Å². The molecule has 0 unspecified atom stereocenters. The predicted molar refractivity (Wildman–Crippen MR) is 82.0 cm³/mol. The van der Waals surface area contributed by atoms with Crippen LogP contribution in [0.2, 0.25) is 0 Å². The third-order valence-corrected chi connectivity index (χ3v) is 4.89. The van der Waals surface area contributed by atoms with Crippen LogP contribution in [-0.4, -0.2) is 19.0 Å². The molecule has 0 spiro atoms. The van der Waals surface area contributed by atoms with E-state index in [2.05, 4.69) is 30.3 Å². The van der Waals surface area contributed by atoms with E-state index in [1.807, 2.05) is 0 Å². The molecule has 3 heteroatoms. The summed E-state index contributed by atoms with van der Waals surface area (Å²) in [5, 5.41) is 0. The molecule has 110 valence electrons. The molecule has 1 aromatic rings. The molecule has 2 rings (SSSR count). The van der Waals surface area contributed by atoms with E-state index >= 15 is 0 Å². The van der Waals surface area contributed by atoms with Crippen LogP contribution in [-0.2, 0) is 14.9 Å². The van der Waals surface area contributed by atoms with Gasteiger partial charge in [0.2, 0.25) is 0 Å². The number of methoxy groups -OCH3 is 1. The summed E-state index contributed by atoms with van der Waals surface area (Å²) in [6.45, 7) is 0. The highest BCUT2D eigenvalue weighted by molar-refractivity contribution is 6.17. The minimum Gasteiger partial charge on any atom is -0.469 e. The largest absolute Gasteiger partial charge is 0.469 e. The minimum absolute atomic E-state index is 0.0837. The molecule has 0 amide bonds. The lowest BCUT2D eigenvalue weighted by molar-refractivity contribution is -0.142. The number of carbonyl (C=O) groups excluding carboxylic acids is 1. The van der Waals surface area contributed by atoms with E-state index in [0.29, 0.717) is 18.2 Å². The maximum Gasteiger partial charge on any atom is 0.305 e. The predicted octanol–water partition coefficient (Wildman–Crippen LogP) is 4.31. The summed E-state index contributed by atoms with van der Waals surface area (Å²) in [4.78, 5) is 11.4. The van der Waals surface area contributed by atoms with E-state index in [4.69, 9.17) is 16.3 Å². The van der Waals surface area contributed by atoms with Gasteiger partial charge in [-0.1, -0.05) is 30.3 Å². The smallest absolute Gasteiger partial charge is 0.305 e. The molecule has 1 saturated carbocycles. The highest BCUT2D eigenvalue weighted by Gasteiger charge is 2.36. The standard InChI is InChI=1S/C17H23ClO2/c1-20-16(19)13-14-7-9-17(10-8-14,11-12-18)15-5-3-2-4-6-15/h2-6,14H,7-13H2,1H3. The van der Waals surface area contributed by atoms with E-state index in [-0.39, 0.29) is 11.4 Å². The molecule has 0 atom stereocenters. The van der Waals surface area contributed by atoms with Crippen molar-refractivity contribution in [1.29, 1.82) is 0 Å². The van der Waals surface area contributed by atoms with Gasteiger partial charge in [0.15, 0.2) is 0 Å². The molecule has 0 bridgehead atoms. The summed E-state index contributed by atoms with van der Waals surface area (Å²) >= 11 is 6.04. The van der Waals surface area contributed by atoms with Crippen molar-refractivity contribution in [2.75, 3.05) is 13.0 Å². The monoisotopic (exact) mass is 294 g/mol. The van der Waals surface area contributed by atoms with Crippen molar-refractivity contribution in [3.05, 3.63) is 35.9 Å². The summed E-state index contributed by atoms with van der Waals surface area (Å²) in [5.41, 5.74) is 1.60. The second-order valence-electron chi connectivity index (χ2n) is 5.81. The molecule has 0 N–H and O–H groups in total. The topological polar surface area (TPSA) is 26.3 Å². The summed E-state index contributed by atoms with van der Waals surface area (Å²) < 4.78 is 4.78. The first kappa shape index (κ1) is 15.4. The number of esters is 1. The molecular weight excluding hydrogens is 272 g/mol. The van der Waals surface area contributed by atoms with Crippen molar-refractivity contribution in [3.8, 4) is 0 Å². The van der Waals surface area contributed by atoms with Crippen LogP contribution in [0.15, 0.2) is 30.3 Å². The van der Waals surface area contributed by atoms with Gasteiger partial charge in [0.05, 0.1) is 7.11 Å². The molecule has 1 aliphatic carbocycles. The van der Waals surface area contributed by atoms with Gasteiger partial charge in [0.1, 0.15) is 0 Å². The fourth-order valence-electron chi connectivity index (χ4n) is 3.41. The third-order valence-electron chi connectivity index (χ3n) is 4.70.